The summed E-state index contributed by atoms with van der Waals surface area (Å²) < 4.78 is 0. The Labute approximate surface area is 224 Å². The van der Waals surface area contributed by atoms with E-state index in [-0.39, 0.29) is 48.7 Å². The summed E-state index contributed by atoms with van der Waals surface area (Å²) in [6.07, 6.45) is 9.46. The molecule has 0 aromatic carbocycles. The number of hydrogen-bond acceptors (Lipinski definition) is 6. The maximum atomic E-state index is 12.9. The minimum absolute atomic E-state index is 0.0267. The molecule has 0 aromatic heterocycles. The van der Waals surface area contributed by atoms with Gasteiger partial charge in [0.05, 0.1) is 6.04 Å². The van der Waals surface area contributed by atoms with E-state index in [2.05, 4.69) is 21.3 Å². The fraction of sp³-hybridized carbons (Fsp3) is 0.857. The van der Waals surface area contributed by atoms with Gasteiger partial charge in [-0.3, -0.25) is 19.2 Å². The van der Waals surface area contributed by atoms with Crippen molar-refractivity contribution in [3.8, 4) is 0 Å². The second kappa shape index (κ2) is 23.1. The van der Waals surface area contributed by atoms with E-state index in [0.29, 0.717) is 25.8 Å². The number of amides is 2. The van der Waals surface area contributed by atoms with E-state index in [1.54, 1.807) is 0 Å². The summed E-state index contributed by atoms with van der Waals surface area (Å²) in [4.78, 5) is 49.1. The minimum atomic E-state index is -0.927. The monoisotopic (exact) mass is 526 g/mol. The lowest BCUT2D eigenvalue weighted by atomic mass is 9.95. The van der Waals surface area contributed by atoms with Crippen molar-refractivity contribution in [3.05, 3.63) is 0 Å². The zero-order valence-corrected chi connectivity index (χ0v) is 23.8. The molecule has 0 aliphatic carbocycles. The molecule has 3 unspecified atom stereocenters. The van der Waals surface area contributed by atoms with E-state index in [9.17, 15) is 19.2 Å². The van der Waals surface area contributed by atoms with Gasteiger partial charge in [-0.25, -0.2) is 0 Å². The van der Waals surface area contributed by atoms with Crippen LogP contribution < -0.4 is 21.3 Å². The van der Waals surface area contributed by atoms with Gasteiger partial charge in [0, 0.05) is 31.2 Å². The molecule has 0 saturated heterocycles. The molecule has 0 aliphatic heterocycles. The molecule has 0 rings (SSSR count). The molecule has 2 amide bonds. The molecule has 0 aromatic rings. The second-order valence-electron chi connectivity index (χ2n) is 9.97. The van der Waals surface area contributed by atoms with E-state index < -0.39 is 12.0 Å². The Hall–Kier alpha value is -2.00. The van der Waals surface area contributed by atoms with E-state index in [1.807, 2.05) is 27.9 Å². The summed E-state index contributed by atoms with van der Waals surface area (Å²) in [6.45, 7) is 6.44. The standard InChI is InChI=1S/C28H54N4O5/c1-5-22(14-7-10-19-29-3)27(36)31-21-12-9-16-24(25(33)17-13-18-26(34)35)32-28(37)23(6-2)15-8-11-20-30-4/h22-24,29-30H,5-21H2,1-4H3,(H,31,36)(H,32,37)(H,34,35). The number of Topliss-reactive ketones (excluding diaryl/α,β-unsaturated/α-hetero) is 1. The third kappa shape index (κ3) is 18.0. The van der Waals surface area contributed by atoms with Gasteiger partial charge in [0.2, 0.25) is 11.8 Å². The number of nitrogens with one attached hydrogen (secondary N) is 4. The molecular weight excluding hydrogens is 472 g/mol. The van der Waals surface area contributed by atoms with Crippen LogP contribution in [0.1, 0.15) is 104 Å². The summed E-state index contributed by atoms with van der Waals surface area (Å²) >= 11 is 0. The quantitative estimate of drug-likeness (QED) is 0.115. The molecule has 0 heterocycles. The lowest BCUT2D eigenvalue weighted by Crippen LogP contribution is -2.43. The first-order valence-corrected chi connectivity index (χ1v) is 14.4. The first-order chi connectivity index (χ1) is 17.8. The molecule has 0 radical (unpaired) electrons. The lowest BCUT2D eigenvalue weighted by Gasteiger charge is -2.22. The maximum absolute atomic E-state index is 12.9. The third-order valence-corrected chi connectivity index (χ3v) is 6.92. The summed E-state index contributed by atoms with van der Waals surface area (Å²) in [5.41, 5.74) is 0. The van der Waals surface area contributed by atoms with Crippen LogP contribution in [-0.4, -0.2) is 68.4 Å². The number of unbranched alkanes of at least 4 members (excludes halogenated alkanes) is 3. The van der Waals surface area contributed by atoms with Gasteiger partial charge in [-0.05, 0) is 91.4 Å². The number of carbonyl (C=O) groups is 4. The lowest BCUT2D eigenvalue weighted by molar-refractivity contribution is -0.137. The fourth-order valence-corrected chi connectivity index (χ4v) is 4.45. The van der Waals surface area contributed by atoms with Crippen molar-refractivity contribution in [2.24, 2.45) is 11.8 Å². The number of carbonyl (C=O) groups excluding carboxylic acids is 3. The van der Waals surface area contributed by atoms with Crippen molar-refractivity contribution in [2.45, 2.75) is 110 Å². The van der Waals surface area contributed by atoms with Crippen molar-refractivity contribution in [1.82, 2.24) is 21.3 Å². The van der Waals surface area contributed by atoms with Crippen molar-refractivity contribution < 1.29 is 24.3 Å². The first kappa shape index (κ1) is 35.0. The Balaban J connectivity index is 4.73. The van der Waals surface area contributed by atoms with Gasteiger partial charge in [0.15, 0.2) is 5.78 Å². The predicted octanol–water partition coefficient (Wildman–Crippen LogP) is 3.41. The van der Waals surface area contributed by atoms with Gasteiger partial charge in [-0.2, -0.15) is 0 Å². The van der Waals surface area contributed by atoms with Crippen LogP contribution in [0.3, 0.4) is 0 Å². The van der Waals surface area contributed by atoms with Crippen molar-refractivity contribution >= 4 is 23.6 Å². The average Bonchev–Trinajstić information content (AvgIpc) is 2.87. The number of rotatable bonds is 25. The van der Waals surface area contributed by atoms with Crippen LogP contribution in [0.15, 0.2) is 0 Å². The molecule has 0 fully saturated rings. The van der Waals surface area contributed by atoms with Crippen LogP contribution in [0.2, 0.25) is 0 Å². The highest BCUT2D eigenvalue weighted by Crippen LogP contribution is 2.16. The number of carboxylic acids is 1. The van der Waals surface area contributed by atoms with E-state index in [4.69, 9.17) is 5.11 Å². The topological polar surface area (TPSA) is 137 Å². The van der Waals surface area contributed by atoms with Gasteiger partial charge < -0.3 is 26.4 Å². The molecular formula is C28H54N4O5. The largest absolute Gasteiger partial charge is 0.481 e. The van der Waals surface area contributed by atoms with Crippen LogP contribution in [-0.2, 0) is 19.2 Å². The van der Waals surface area contributed by atoms with Gasteiger partial charge >= 0.3 is 5.97 Å². The molecule has 0 spiro atoms. The molecule has 3 atom stereocenters. The summed E-state index contributed by atoms with van der Waals surface area (Å²) in [5, 5.41) is 21.1. The zero-order chi connectivity index (χ0) is 27.9. The number of hydrogen-bond donors (Lipinski definition) is 5. The molecule has 9 heteroatoms. The Morgan fingerprint density at radius 1 is 0.649 bits per heavy atom. The normalized spacial score (nSPS) is 13.5. The molecule has 0 bridgehead atoms. The molecule has 37 heavy (non-hydrogen) atoms. The van der Waals surface area contributed by atoms with Crippen LogP contribution in [0.25, 0.3) is 0 Å². The predicted molar refractivity (Wildman–Crippen MR) is 148 cm³/mol. The van der Waals surface area contributed by atoms with E-state index in [0.717, 1.165) is 64.5 Å². The molecule has 0 aliphatic rings. The maximum Gasteiger partial charge on any atom is 0.303 e. The van der Waals surface area contributed by atoms with E-state index >= 15 is 0 Å². The minimum Gasteiger partial charge on any atom is -0.481 e. The van der Waals surface area contributed by atoms with Crippen LogP contribution in [0.5, 0.6) is 0 Å². The Morgan fingerprint density at radius 2 is 1.16 bits per heavy atom. The Bertz CT molecular complexity index is 644. The van der Waals surface area contributed by atoms with Crippen molar-refractivity contribution in [2.75, 3.05) is 33.7 Å². The SMILES string of the molecule is CCC(CCCCNC)C(=O)NCCCCC(NC(=O)C(CC)CCCCNC)C(=O)CCCC(=O)O. The average molecular weight is 527 g/mol. The van der Waals surface area contributed by atoms with Gasteiger partial charge in [-0.15, -0.1) is 0 Å². The van der Waals surface area contributed by atoms with Gasteiger partial charge in [0.1, 0.15) is 0 Å². The number of aliphatic carboxylic acids is 1. The molecule has 0 saturated carbocycles. The highest BCUT2D eigenvalue weighted by molar-refractivity contribution is 5.90. The molecule has 9 nitrogen and oxygen atoms in total. The smallest absolute Gasteiger partial charge is 0.303 e. The number of ketones is 1. The number of carboxylic acid groups (broad SMARTS) is 1. The summed E-state index contributed by atoms with van der Waals surface area (Å²) in [7, 11) is 3.84. The Kier molecular flexibility index (Phi) is 21.9. The van der Waals surface area contributed by atoms with Crippen molar-refractivity contribution in [1.29, 1.82) is 0 Å². The molecule has 5 N–H and O–H groups in total. The van der Waals surface area contributed by atoms with Gasteiger partial charge in [0.25, 0.3) is 0 Å². The fourth-order valence-electron chi connectivity index (χ4n) is 4.45. The van der Waals surface area contributed by atoms with Crippen LogP contribution in [0.4, 0.5) is 0 Å². The summed E-state index contributed by atoms with van der Waals surface area (Å²) in [5.74, 6) is -1.16. The second-order valence-corrected chi connectivity index (χ2v) is 9.97. The summed E-state index contributed by atoms with van der Waals surface area (Å²) in [6, 6.07) is -0.612. The van der Waals surface area contributed by atoms with Crippen LogP contribution in [0, 0.1) is 11.8 Å². The van der Waals surface area contributed by atoms with Crippen LogP contribution >= 0.6 is 0 Å². The van der Waals surface area contributed by atoms with E-state index in [1.165, 1.54) is 0 Å². The third-order valence-electron chi connectivity index (χ3n) is 6.92. The highest BCUT2D eigenvalue weighted by Gasteiger charge is 2.24. The highest BCUT2D eigenvalue weighted by atomic mass is 16.4. The Morgan fingerprint density at radius 3 is 1.68 bits per heavy atom. The first-order valence-electron chi connectivity index (χ1n) is 14.4. The molecule has 216 valence electrons. The van der Waals surface area contributed by atoms with Crippen molar-refractivity contribution in [3.63, 3.8) is 0 Å². The zero-order valence-electron chi connectivity index (χ0n) is 23.8. The van der Waals surface area contributed by atoms with Gasteiger partial charge in [-0.1, -0.05) is 26.7 Å².